The summed E-state index contributed by atoms with van der Waals surface area (Å²) in [5, 5.41) is 3.08. The molecule has 21 heavy (non-hydrogen) atoms. The zero-order chi connectivity index (χ0) is 14.7. The summed E-state index contributed by atoms with van der Waals surface area (Å²) in [5.41, 5.74) is 7.18. The largest absolute Gasteiger partial charge is 0.493 e. The predicted molar refractivity (Wildman–Crippen MR) is 82.3 cm³/mol. The number of ether oxygens (including phenoxy) is 1. The maximum atomic E-state index is 12.5. The minimum absolute atomic E-state index is 0.0844. The fourth-order valence-corrected chi connectivity index (χ4v) is 3.43. The molecule has 1 heterocycles. The van der Waals surface area contributed by atoms with Crippen LogP contribution in [0, 0.1) is 0 Å². The zero-order valence-corrected chi connectivity index (χ0v) is 12.4. The van der Waals surface area contributed by atoms with Gasteiger partial charge >= 0.3 is 0 Å². The molecule has 3 rings (SSSR count). The van der Waals surface area contributed by atoms with Crippen molar-refractivity contribution in [2.75, 3.05) is 13.2 Å². The number of para-hydroxylation sites is 1. The second-order valence-electron chi connectivity index (χ2n) is 6.37. The Labute approximate surface area is 126 Å². The van der Waals surface area contributed by atoms with E-state index in [1.165, 1.54) is 19.3 Å². The normalized spacial score (nSPS) is 23.8. The lowest BCUT2D eigenvalue weighted by Crippen LogP contribution is -2.52. The number of carbonyl (C=O) groups is 1. The van der Waals surface area contributed by atoms with E-state index < -0.39 is 0 Å². The van der Waals surface area contributed by atoms with E-state index in [2.05, 4.69) is 5.32 Å². The summed E-state index contributed by atoms with van der Waals surface area (Å²) in [4.78, 5) is 12.5. The molecule has 3 N–H and O–H groups in total. The van der Waals surface area contributed by atoms with Crippen LogP contribution >= 0.6 is 0 Å². The van der Waals surface area contributed by atoms with Crippen LogP contribution in [-0.2, 0) is 4.79 Å². The first-order chi connectivity index (χ1) is 10.2. The SMILES string of the molecule is NC1(CNC(=O)C2CCOc3ccccc32)CCCCC1. The van der Waals surface area contributed by atoms with Crippen LogP contribution in [0.5, 0.6) is 5.75 Å². The lowest BCUT2D eigenvalue weighted by atomic mass is 9.82. The summed E-state index contributed by atoms with van der Waals surface area (Å²) in [6.45, 7) is 1.19. The van der Waals surface area contributed by atoms with Crippen LogP contribution in [0.15, 0.2) is 24.3 Å². The third-order valence-corrected chi connectivity index (χ3v) is 4.74. The third kappa shape index (κ3) is 3.21. The van der Waals surface area contributed by atoms with Gasteiger partial charge < -0.3 is 15.8 Å². The Balaban J connectivity index is 1.64. The molecule has 0 aromatic heterocycles. The summed E-state index contributed by atoms with van der Waals surface area (Å²) >= 11 is 0. The second kappa shape index (κ2) is 6.06. The minimum atomic E-state index is -0.210. The quantitative estimate of drug-likeness (QED) is 0.897. The number of nitrogens with one attached hydrogen (secondary N) is 1. The van der Waals surface area contributed by atoms with Gasteiger partial charge in [0.05, 0.1) is 12.5 Å². The molecule has 1 saturated carbocycles. The predicted octanol–water partition coefficient (Wildman–Crippen LogP) is 2.33. The molecule has 1 fully saturated rings. The number of fused-ring (bicyclic) bond motifs is 1. The van der Waals surface area contributed by atoms with E-state index in [1.807, 2.05) is 24.3 Å². The first kappa shape index (κ1) is 14.4. The van der Waals surface area contributed by atoms with Crippen molar-refractivity contribution in [2.24, 2.45) is 5.73 Å². The topological polar surface area (TPSA) is 64.3 Å². The third-order valence-electron chi connectivity index (χ3n) is 4.74. The Kier molecular flexibility index (Phi) is 4.15. The highest BCUT2D eigenvalue weighted by atomic mass is 16.5. The van der Waals surface area contributed by atoms with Crippen molar-refractivity contribution in [3.8, 4) is 5.75 Å². The van der Waals surface area contributed by atoms with Crippen molar-refractivity contribution < 1.29 is 9.53 Å². The van der Waals surface area contributed by atoms with Crippen molar-refractivity contribution >= 4 is 5.91 Å². The maximum absolute atomic E-state index is 12.5. The highest BCUT2D eigenvalue weighted by Crippen LogP contribution is 2.33. The fourth-order valence-electron chi connectivity index (χ4n) is 3.43. The van der Waals surface area contributed by atoms with Gasteiger partial charge in [-0.05, 0) is 25.3 Å². The molecular weight excluding hydrogens is 264 g/mol. The molecular formula is C17H24N2O2. The van der Waals surface area contributed by atoms with Crippen molar-refractivity contribution in [3.05, 3.63) is 29.8 Å². The molecule has 0 spiro atoms. The number of hydrogen-bond acceptors (Lipinski definition) is 3. The van der Waals surface area contributed by atoms with Crippen LogP contribution in [0.1, 0.15) is 50.0 Å². The Morgan fingerprint density at radius 3 is 2.86 bits per heavy atom. The van der Waals surface area contributed by atoms with Crippen LogP contribution in [0.2, 0.25) is 0 Å². The van der Waals surface area contributed by atoms with Gasteiger partial charge in [0.15, 0.2) is 0 Å². The number of nitrogens with two attached hydrogens (primary N) is 1. The Morgan fingerprint density at radius 1 is 1.29 bits per heavy atom. The molecule has 114 valence electrons. The number of hydrogen-bond donors (Lipinski definition) is 2. The van der Waals surface area contributed by atoms with E-state index in [1.54, 1.807) is 0 Å². The number of rotatable bonds is 3. The first-order valence-electron chi connectivity index (χ1n) is 7.96. The molecule has 4 nitrogen and oxygen atoms in total. The molecule has 4 heteroatoms. The van der Waals surface area contributed by atoms with Crippen molar-refractivity contribution in [1.29, 1.82) is 0 Å². The van der Waals surface area contributed by atoms with Gasteiger partial charge in [-0.3, -0.25) is 4.79 Å². The molecule has 1 aliphatic carbocycles. The Morgan fingerprint density at radius 2 is 2.05 bits per heavy atom. The highest BCUT2D eigenvalue weighted by Gasteiger charge is 2.31. The summed E-state index contributed by atoms with van der Waals surface area (Å²) in [7, 11) is 0. The summed E-state index contributed by atoms with van der Waals surface area (Å²) < 4.78 is 5.61. The van der Waals surface area contributed by atoms with E-state index in [4.69, 9.17) is 10.5 Å². The smallest absolute Gasteiger partial charge is 0.227 e. The standard InChI is InChI=1S/C17H24N2O2/c18-17(9-4-1-5-10-17)12-19-16(20)14-8-11-21-15-7-3-2-6-13(14)15/h2-3,6-7,14H,1,4-5,8-12,18H2,(H,19,20). The van der Waals surface area contributed by atoms with Crippen molar-refractivity contribution in [3.63, 3.8) is 0 Å². The minimum Gasteiger partial charge on any atom is -0.493 e. The zero-order valence-electron chi connectivity index (χ0n) is 12.4. The van der Waals surface area contributed by atoms with Crippen LogP contribution in [0.4, 0.5) is 0 Å². The van der Waals surface area contributed by atoms with Gasteiger partial charge in [0.25, 0.3) is 0 Å². The lowest BCUT2D eigenvalue weighted by Gasteiger charge is -2.34. The van der Waals surface area contributed by atoms with Gasteiger partial charge in [0.2, 0.25) is 5.91 Å². The molecule has 1 unspecified atom stereocenters. The second-order valence-corrected chi connectivity index (χ2v) is 6.37. The van der Waals surface area contributed by atoms with E-state index in [9.17, 15) is 4.79 Å². The molecule has 2 aliphatic rings. The van der Waals surface area contributed by atoms with Gasteiger partial charge in [0.1, 0.15) is 5.75 Å². The van der Waals surface area contributed by atoms with Gasteiger partial charge in [0, 0.05) is 17.6 Å². The molecule has 1 aromatic carbocycles. The van der Waals surface area contributed by atoms with Gasteiger partial charge in [-0.1, -0.05) is 37.5 Å². The molecule has 1 aliphatic heterocycles. The fraction of sp³-hybridized carbons (Fsp3) is 0.588. The molecule has 0 radical (unpaired) electrons. The van der Waals surface area contributed by atoms with Gasteiger partial charge in [-0.25, -0.2) is 0 Å². The number of carbonyl (C=O) groups excluding carboxylic acids is 1. The van der Waals surface area contributed by atoms with E-state index in [0.29, 0.717) is 13.2 Å². The van der Waals surface area contributed by atoms with Crippen LogP contribution < -0.4 is 15.8 Å². The highest BCUT2D eigenvalue weighted by molar-refractivity contribution is 5.84. The van der Waals surface area contributed by atoms with Crippen LogP contribution in [0.3, 0.4) is 0 Å². The molecule has 1 amide bonds. The Bertz CT molecular complexity index is 509. The average Bonchev–Trinajstić information content (AvgIpc) is 2.53. The van der Waals surface area contributed by atoms with Gasteiger partial charge in [-0.2, -0.15) is 0 Å². The molecule has 0 saturated heterocycles. The van der Waals surface area contributed by atoms with E-state index in [0.717, 1.165) is 30.6 Å². The number of benzene rings is 1. The van der Waals surface area contributed by atoms with Crippen LogP contribution in [-0.4, -0.2) is 24.6 Å². The first-order valence-corrected chi connectivity index (χ1v) is 7.96. The van der Waals surface area contributed by atoms with Crippen molar-refractivity contribution in [2.45, 2.75) is 50.0 Å². The van der Waals surface area contributed by atoms with E-state index >= 15 is 0 Å². The molecule has 1 atom stereocenters. The number of amides is 1. The van der Waals surface area contributed by atoms with Crippen LogP contribution in [0.25, 0.3) is 0 Å². The van der Waals surface area contributed by atoms with E-state index in [-0.39, 0.29) is 17.4 Å². The summed E-state index contributed by atoms with van der Waals surface area (Å²) in [6.07, 6.45) is 6.37. The van der Waals surface area contributed by atoms with Crippen molar-refractivity contribution in [1.82, 2.24) is 5.32 Å². The molecule has 0 bridgehead atoms. The average molecular weight is 288 g/mol. The summed E-state index contributed by atoms with van der Waals surface area (Å²) in [5.74, 6) is 0.812. The maximum Gasteiger partial charge on any atom is 0.227 e. The monoisotopic (exact) mass is 288 g/mol. The molecule has 1 aromatic rings. The lowest BCUT2D eigenvalue weighted by molar-refractivity contribution is -0.123. The Hall–Kier alpha value is -1.55. The summed E-state index contributed by atoms with van der Waals surface area (Å²) in [6, 6.07) is 7.81. The van der Waals surface area contributed by atoms with Gasteiger partial charge in [-0.15, -0.1) is 0 Å².